The van der Waals surface area contributed by atoms with E-state index >= 15 is 4.39 Å². The highest BCUT2D eigenvalue weighted by atomic mass is 19.4. The molecular weight excluding hydrogens is 654 g/mol. The van der Waals surface area contributed by atoms with Crippen molar-refractivity contribution in [2.45, 2.75) is 38.3 Å². The van der Waals surface area contributed by atoms with Crippen LogP contribution in [0.2, 0.25) is 0 Å². The number of anilines is 5. The highest BCUT2D eigenvalue weighted by molar-refractivity contribution is 5.64. The largest absolute Gasteiger partial charge is 0.419 e. The number of alkyl halides is 3. The number of nitrogens with one attached hydrogen (secondary N) is 2. The van der Waals surface area contributed by atoms with E-state index in [0.717, 1.165) is 64.5 Å². The lowest BCUT2D eigenvalue weighted by molar-refractivity contribution is -0.137. The Morgan fingerprint density at radius 2 is 1.64 bits per heavy atom. The third-order valence-corrected chi connectivity index (χ3v) is 9.70. The van der Waals surface area contributed by atoms with Gasteiger partial charge in [-0.15, -0.1) is 5.10 Å². The van der Waals surface area contributed by atoms with Crippen LogP contribution >= 0.6 is 0 Å². The highest BCUT2D eigenvalue weighted by Gasteiger charge is 2.37. The minimum Gasteiger partial charge on any atom is -0.367 e. The molecule has 0 bridgehead atoms. The summed E-state index contributed by atoms with van der Waals surface area (Å²) in [5, 5.41) is 17.5. The Kier molecular flexibility index (Phi) is 9.79. The molecule has 0 spiro atoms. The van der Waals surface area contributed by atoms with E-state index in [0.29, 0.717) is 55.2 Å². The smallest absolute Gasteiger partial charge is 0.367 e. The van der Waals surface area contributed by atoms with E-state index in [-0.39, 0.29) is 22.9 Å². The number of rotatable bonds is 8. The maximum Gasteiger partial charge on any atom is 0.419 e. The van der Waals surface area contributed by atoms with Gasteiger partial charge in [-0.2, -0.15) is 28.4 Å². The monoisotopic (exact) mass is 693 g/mol. The number of hydrogen-bond donors (Lipinski definition) is 2. The van der Waals surface area contributed by atoms with Crippen molar-refractivity contribution in [2.24, 2.45) is 5.92 Å². The second-order valence-electron chi connectivity index (χ2n) is 13.1. The quantitative estimate of drug-likeness (QED) is 0.244. The van der Waals surface area contributed by atoms with Crippen molar-refractivity contribution in [3.05, 3.63) is 70.5 Å². The molecule has 0 aliphatic carbocycles. The van der Waals surface area contributed by atoms with E-state index in [2.05, 4.69) is 50.4 Å². The van der Waals surface area contributed by atoms with Crippen molar-refractivity contribution >= 4 is 29.0 Å². The summed E-state index contributed by atoms with van der Waals surface area (Å²) in [6, 6.07) is 8.74. The Bertz CT molecular complexity index is 1810. The van der Waals surface area contributed by atoms with Crippen LogP contribution in [0.1, 0.15) is 37.7 Å². The van der Waals surface area contributed by atoms with Gasteiger partial charge in [0.2, 0.25) is 5.95 Å². The fraction of sp³-hybridized carbons (Fsp3) is 0.471. The molecule has 4 aromatic rings. The molecule has 0 amide bonds. The predicted molar refractivity (Wildman–Crippen MR) is 182 cm³/mol. The second-order valence-corrected chi connectivity index (χ2v) is 13.1. The SMILES string of the molecule is O=c1ccc(-c2cnc(N3CCC(CN4CCN(c5ccc(Nc6cnnc(N7CCCCC7)n6)cc5F)CC4)CC3)c(C(F)(F)F)c2)n[nH]1. The maximum atomic E-state index is 15.3. The number of benzene rings is 1. The Balaban J connectivity index is 0.906. The number of pyridine rings is 1. The molecule has 0 unspecified atom stereocenters. The number of halogens is 4. The topological polar surface area (TPSA) is 122 Å². The first-order chi connectivity index (χ1) is 24.2. The zero-order valence-electron chi connectivity index (χ0n) is 27.5. The van der Waals surface area contributed by atoms with Crippen LogP contribution in [0.15, 0.2) is 53.6 Å². The normalized spacial score (nSPS) is 18.0. The van der Waals surface area contributed by atoms with Gasteiger partial charge in [-0.05, 0) is 68.4 Å². The summed E-state index contributed by atoms with van der Waals surface area (Å²) in [5.41, 5.74) is 0.269. The predicted octanol–water partition coefficient (Wildman–Crippen LogP) is 4.95. The molecular formula is C34H39F4N11O. The van der Waals surface area contributed by atoms with Gasteiger partial charge in [-0.3, -0.25) is 9.69 Å². The van der Waals surface area contributed by atoms with Crippen LogP contribution in [0.5, 0.6) is 0 Å². The molecule has 0 radical (unpaired) electrons. The Labute approximate surface area is 286 Å². The second kappa shape index (κ2) is 14.5. The molecule has 6 heterocycles. The van der Waals surface area contributed by atoms with E-state index in [1.165, 1.54) is 37.0 Å². The maximum absolute atomic E-state index is 15.3. The van der Waals surface area contributed by atoms with Crippen LogP contribution in [-0.4, -0.2) is 94.2 Å². The molecule has 50 heavy (non-hydrogen) atoms. The first kappa shape index (κ1) is 33.6. The molecule has 12 nitrogen and oxygen atoms in total. The number of piperazine rings is 1. The standard InChI is InChI=1S/C34H39F4N11O/c35-27-19-25(41-30-21-40-45-33(42-30)49-10-2-1-3-11-49)4-6-29(27)47-16-14-46(15-17-47)22-23-8-12-48(13-9-23)32-26(34(36,37)38)18-24(20-39-32)28-5-7-31(50)44-43-28/h4-7,18-21,23H,1-3,8-17,22H2,(H,44,50)(H,41,42,45). The summed E-state index contributed by atoms with van der Waals surface area (Å²) in [7, 11) is 0. The molecule has 0 atom stereocenters. The van der Waals surface area contributed by atoms with E-state index in [9.17, 15) is 18.0 Å². The average molecular weight is 694 g/mol. The van der Waals surface area contributed by atoms with Gasteiger partial charge in [0.15, 0.2) is 5.82 Å². The fourth-order valence-corrected chi connectivity index (χ4v) is 7.00. The van der Waals surface area contributed by atoms with Crippen LogP contribution in [-0.2, 0) is 6.18 Å². The number of H-pyrrole nitrogens is 1. The number of aromatic amines is 1. The minimum atomic E-state index is -4.60. The third-order valence-electron chi connectivity index (χ3n) is 9.70. The van der Waals surface area contributed by atoms with Gasteiger partial charge in [-0.25, -0.2) is 14.5 Å². The number of piperidine rings is 2. The van der Waals surface area contributed by atoms with Gasteiger partial charge in [0.25, 0.3) is 5.56 Å². The first-order valence-electron chi connectivity index (χ1n) is 17.1. The summed E-state index contributed by atoms with van der Waals surface area (Å²) in [5.74, 6) is 1.03. The number of nitrogens with zero attached hydrogens (tertiary/aromatic N) is 9. The first-order valence-corrected chi connectivity index (χ1v) is 17.1. The van der Waals surface area contributed by atoms with Crippen molar-refractivity contribution in [3.8, 4) is 11.3 Å². The van der Waals surface area contributed by atoms with Gasteiger partial charge in [0, 0.05) is 82.4 Å². The molecule has 3 aliphatic rings. The van der Waals surface area contributed by atoms with Crippen LogP contribution in [0.4, 0.5) is 46.5 Å². The Morgan fingerprint density at radius 3 is 2.34 bits per heavy atom. The molecule has 3 aliphatic heterocycles. The molecule has 3 fully saturated rings. The third kappa shape index (κ3) is 7.79. The van der Waals surface area contributed by atoms with Gasteiger partial charge in [0.05, 0.1) is 23.1 Å². The summed E-state index contributed by atoms with van der Waals surface area (Å²) >= 11 is 0. The van der Waals surface area contributed by atoms with Gasteiger partial charge >= 0.3 is 6.18 Å². The van der Waals surface area contributed by atoms with Crippen molar-refractivity contribution < 1.29 is 17.6 Å². The number of aromatic nitrogens is 6. The molecule has 3 aromatic heterocycles. The molecule has 16 heteroatoms. The summed E-state index contributed by atoms with van der Waals surface area (Å²) in [4.78, 5) is 28.4. The van der Waals surface area contributed by atoms with Crippen LogP contribution in [0, 0.1) is 11.7 Å². The van der Waals surface area contributed by atoms with Crippen molar-refractivity contribution in [2.75, 3.05) is 78.9 Å². The summed E-state index contributed by atoms with van der Waals surface area (Å²) in [6.45, 7) is 6.47. The van der Waals surface area contributed by atoms with E-state index in [1.54, 1.807) is 11.0 Å². The molecule has 1 aromatic carbocycles. The number of hydrogen-bond acceptors (Lipinski definition) is 11. The fourth-order valence-electron chi connectivity index (χ4n) is 7.00. The van der Waals surface area contributed by atoms with Crippen molar-refractivity contribution in [1.29, 1.82) is 0 Å². The van der Waals surface area contributed by atoms with Crippen LogP contribution in [0.3, 0.4) is 0 Å². The zero-order valence-corrected chi connectivity index (χ0v) is 27.5. The van der Waals surface area contributed by atoms with Crippen LogP contribution in [0.25, 0.3) is 11.3 Å². The van der Waals surface area contributed by atoms with E-state index < -0.39 is 17.3 Å². The molecule has 7 rings (SSSR count). The lowest BCUT2D eigenvalue weighted by Crippen LogP contribution is -2.49. The Hall–Kier alpha value is -4.86. The molecule has 3 saturated heterocycles. The summed E-state index contributed by atoms with van der Waals surface area (Å²) < 4.78 is 57.7. The van der Waals surface area contributed by atoms with Gasteiger partial charge in [0.1, 0.15) is 11.6 Å². The van der Waals surface area contributed by atoms with Crippen molar-refractivity contribution in [1.82, 2.24) is 35.3 Å². The van der Waals surface area contributed by atoms with E-state index in [4.69, 9.17) is 0 Å². The molecule has 2 N–H and O–H groups in total. The lowest BCUT2D eigenvalue weighted by atomic mass is 9.95. The molecule has 264 valence electrons. The minimum absolute atomic E-state index is 0.0862. The average Bonchev–Trinajstić information content (AvgIpc) is 3.13. The van der Waals surface area contributed by atoms with Crippen LogP contribution < -0.4 is 25.6 Å². The van der Waals surface area contributed by atoms with Gasteiger partial charge in [-0.1, -0.05) is 0 Å². The molecule has 0 saturated carbocycles. The zero-order chi connectivity index (χ0) is 34.7. The highest BCUT2D eigenvalue weighted by Crippen LogP contribution is 2.39. The van der Waals surface area contributed by atoms with Gasteiger partial charge < -0.3 is 20.0 Å². The Morgan fingerprint density at radius 1 is 0.860 bits per heavy atom. The summed E-state index contributed by atoms with van der Waals surface area (Å²) in [6.07, 6.45) is 3.20. The van der Waals surface area contributed by atoms with Crippen molar-refractivity contribution in [3.63, 3.8) is 0 Å². The lowest BCUT2D eigenvalue weighted by Gasteiger charge is -2.40. The van der Waals surface area contributed by atoms with E-state index in [1.807, 2.05) is 6.07 Å².